The van der Waals surface area contributed by atoms with Gasteiger partial charge in [-0.25, -0.2) is 4.79 Å². The smallest absolute Gasteiger partial charge is 0.328 e. The van der Waals surface area contributed by atoms with Crippen molar-refractivity contribution in [2.24, 2.45) is 17.4 Å². The Morgan fingerprint density at radius 3 is 1.94 bits per heavy atom. The summed E-state index contributed by atoms with van der Waals surface area (Å²) >= 11 is 0. The number of nitrogens with two attached hydrogens (primary N) is 2. The molecule has 8 amide bonds. The second-order valence-electron chi connectivity index (χ2n) is 17.1. The van der Waals surface area contributed by atoms with Gasteiger partial charge in [-0.2, -0.15) is 0 Å². The molecule has 0 radical (unpaired) electrons. The van der Waals surface area contributed by atoms with Crippen molar-refractivity contribution in [3.63, 3.8) is 0 Å². The molecule has 2 aromatic carbocycles. The number of para-hydroxylation sites is 1. The summed E-state index contributed by atoms with van der Waals surface area (Å²) in [4.78, 5) is 124. The van der Waals surface area contributed by atoms with Gasteiger partial charge < -0.3 is 63.5 Å². The number of amides is 8. The number of hydrogen-bond donors (Lipinski definition) is 11. The number of likely N-dealkylation sites (tertiary alicyclic amines) is 1. The number of rotatable bonds is 23. The number of fused-ring (bicyclic) bond motifs is 1. The number of carboxylic acids is 1. The molecule has 3 aromatic rings. The van der Waals surface area contributed by atoms with Crippen LogP contribution >= 0.6 is 0 Å². The van der Waals surface area contributed by atoms with Gasteiger partial charge in [0.1, 0.15) is 36.3 Å². The SMILES string of the molecule is CC(C)C[C@H](NC(=O)[C@H](C)N)C(=O)N1CCC[C@H]1C(=O)N[C@@H](Cc1c[nH]c2ccccc12)C(=O)N[C@@H](CC(N)=O)C(=O)N[C@@H](Cc1ccccc1)C(=O)N[C@@H](C)C(=O)N[C@H](C(=O)O)[C@@H](C)O. The minimum atomic E-state index is -1.69. The fourth-order valence-electron chi connectivity index (χ4n) is 7.56. The van der Waals surface area contributed by atoms with Crippen molar-refractivity contribution in [2.75, 3.05) is 6.54 Å². The Kier molecular flexibility index (Phi) is 18.7. The molecule has 1 aromatic heterocycles. The van der Waals surface area contributed by atoms with Gasteiger partial charge in [0.05, 0.1) is 18.6 Å². The van der Waals surface area contributed by atoms with Crippen molar-refractivity contribution < 1.29 is 53.4 Å². The third-order valence-corrected chi connectivity index (χ3v) is 11.1. The van der Waals surface area contributed by atoms with Gasteiger partial charge in [0.2, 0.25) is 47.3 Å². The van der Waals surface area contributed by atoms with Crippen LogP contribution in [0.25, 0.3) is 10.9 Å². The number of primary amides is 1. The van der Waals surface area contributed by atoms with Crippen LogP contribution in [0.4, 0.5) is 0 Å². The number of nitrogens with zero attached hydrogens (tertiary/aromatic N) is 1. The average Bonchev–Trinajstić information content (AvgIpc) is 3.92. The highest BCUT2D eigenvalue weighted by Gasteiger charge is 2.40. The van der Waals surface area contributed by atoms with E-state index in [1.54, 1.807) is 42.6 Å². The van der Waals surface area contributed by atoms with Crippen LogP contribution in [-0.4, -0.2) is 134 Å². The maximum Gasteiger partial charge on any atom is 0.328 e. The van der Waals surface area contributed by atoms with Crippen LogP contribution in [0.2, 0.25) is 0 Å². The third-order valence-electron chi connectivity index (χ3n) is 11.1. The Morgan fingerprint density at radius 1 is 0.727 bits per heavy atom. The van der Waals surface area contributed by atoms with Gasteiger partial charge in [0.25, 0.3) is 0 Å². The number of aliphatic hydroxyl groups excluding tert-OH is 1. The topological polar surface area (TPSA) is 337 Å². The Bertz CT molecular complexity index is 2230. The van der Waals surface area contributed by atoms with Crippen LogP contribution in [0.5, 0.6) is 0 Å². The number of nitrogens with one attached hydrogen (secondary N) is 7. The molecule has 1 saturated heterocycles. The number of benzene rings is 2. The molecule has 13 N–H and O–H groups in total. The highest BCUT2D eigenvalue weighted by Crippen LogP contribution is 2.23. The molecular weight excluding hydrogens is 857 g/mol. The van der Waals surface area contributed by atoms with Crippen molar-refractivity contribution in [3.05, 3.63) is 71.9 Å². The predicted molar refractivity (Wildman–Crippen MR) is 240 cm³/mol. The number of hydrogen-bond acceptors (Lipinski definition) is 11. The van der Waals surface area contributed by atoms with Crippen molar-refractivity contribution in [3.8, 4) is 0 Å². The van der Waals surface area contributed by atoms with Gasteiger partial charge in [-0.3, -0.25) is 38.4 Å². The third kappa shape index (κ3) is 14.6. The molecule has 0 aliphatic carbocycles. The fourth-order valence-corrected chi connectivity index (χ4v) is 7.56. The summed E-state index contributed by atoms with van der Waals surface area (Å²) in [5, 5.41) is 35.1. The standard InChI is InChI=1S/C45H62N10O11/c1-23(2)18-34(53-38(58)24(3)46)44(64)55-17-11-16-35(55)43(63)52-32(20-28-22-48-30-15-10-9-14-29(28)30)41(61)51-33(21-36(47)57)42(62)50-31(19-27-12-7-6-8-13-27)40(60)49-25(4)39(59)54-37(26(5)56)45(65)66/h6-10,12-15,22-26,31-35,37,48,56H,11,16-21,46H2,1-5H3,(H2,47,57)(H,49,60)(H,50,62)(H,51,61)(H,52,63)(H,53,58)(H,54,59)(H,65,66)/t24-,25-,26+,31-,32-,33-,34-,35-,37-/m0/s1. The zero-order valence-corrected chi connectivity index (χ0v) is 37.7. The molecule has 0 saturated carbocycles. The molecule has 66 heavy (non-hydrogen) atoms. The first-order chi connectivity index (χ1) is 31.2. The highest BCUT2D eigenvalue weighted by atomic mass is 16.4. The Labute approximate surface area is 381 Å². The zero-order valence-electron chi connectivity index (χ0n) is 37.7. The summed E-state index contributed by atoms with van der Waals surface area (Å²) in [5.74, 6) is -7.99. The Morgan fingerprint density at radius 2 is 1.32 bits per heavy atom. The van der Waals surface area contributed by atoms with E-state index in [0.717, 1.165) is 17.8 Å². The van der Waals surface area contributed by atoms with E-state index >= 15 is 0 Å². The maximum atomic E-state index is 14.4. The zero-order chi connectivity index (χ0) is 48.8. The minimum Gasteiger partial charge on any atom is -0.480 e. The van der Waals surface area contributed by atoms with Crippen LogP contribution in [-0.2, 0) is 56.0 Å². The van der Waals surface area contributed by atoms with Gasteiger partial charge in [-0.1, -0.05) is 62.4 Å². The quantitative estimate of drug-likeness (QED) is 0.0524. The number of carbonyl (C=O) groups is 9. The molecule has 4 rings (SSSR count). The van der Waals surface area contributed by atoms with E-state index in [1.165, 1.54) is 18.7 Å². The van der Waals surface area contributed by atoms with E-state index in [1.807, 2.05) is 32.0 Å². The Balaban J connectivity index is 1.61. The molecule has 358 valence electrons. The molecule has 1 aliphatic heterocycles. The van der Waals surface area contributed by atoms with Gasteiger partial charge in [-0.05, 0) is 63.1 Å². The number of aromatic amines is 1. The Hall–Kier alpha value is -6.87. The summed E-state index contributed by atoms with van der Waals surface area (Å²) < 4.78 is 0. The molecule has 0 bridgehead atoms. The van der Waals surface area contributed by atoms with Gasteiger partial charge in [0.15, 0.2) is 6.04 Å². The first kappa shape index (κ1) is 51.8. The van der Waals surface area contributed by atoms with E-state index in [-0.39, 0.29) is 38.1 Å². The van der Waals surface area contributed by atoms with E-state index in [0.29, 0.717) is 17.5 Å². The van der Waals surface area contributed by atoms with Gasteiger partial charge in [0, 0.05) is 36.5 Å². The van der Waals surface area contributed by atoms with Crippen molar-refractivity contribution in [1.29, 1.82) is 0 Å². The number of carboxylic acid groups (broad SMARTS) is 1. The molecule has 21 heteroatoms. The van der Waals surface area contributed by atoms with Crippen LogP contribution in [0.1, 0.15) is 71.4 Å². The summed E-state index contributed by atoms with van der Waals surface area (Å²) in [6.07, 6.45) is 0.156. The van der Waals surface area contributed by atoms with Crippen LogP contribution in [0.15, 0.2) is 60.8 Å². The lowest BCUT2D eigenvalue weighted by Crippen LogP contribution is -2.60. The molecule has 21 nitrogen and oxygen atoms in total. The minimum absolute atomic E-state index is 0.00923. The molecule has 1 aliphatic rings. The predicted octanol–water partition coefficient (Wildman–Crippen LogP) is -1.39. The van der Waals surface area contributed by atoms with E-state index in [9.17, 15) is 53.4 Å². The summed E-state index contributed by atoms with van der Waals surface area (Å²) in [5.41, 5.74) is 13.3. The van der Waals surface area contributed by atoms with Gasteiger partial charge in [-0.15, -0.1) is 0 Å². The monoisotopic (exact) mass is 918 g/mol. The second kappa shape index (κ2) is 23.9. The lowest BCUT2D eigenvalue weighted by Gasteiger charge is -2.31. The first-order valence-corrected chi connectivity index (χ1v) is 21.8. The second-order valence-corrected chi connectivity index (χ2v) is 17.1. The number of aliphatic carboxylic acids is 1. The maximum absolute atomic E-state index is 14.4. The highest BCUT2D eigenvalue weighted by molar-refractivity contribution is 5.99. The van der Waals surface area contributed by atoms with E-state index in [2.05, 4.69) is 36.9 Å². The summed E-state index contributed by atoms with van der Waals surface area (Å²) in [6.45, 7) is 7.88. The summed E-state index contributed by atoms with van der Waals surface area (Å²) in [6, 6.07) is 5.21. The largest absolute Gasteiger partial charge is 0.480 e. The van der Waals surface area contributed by atoms with Crippen molar-refractivity contribution >= 4 is 64.1 Å². The van der Waals surface area contributed by atoms with Crippen molar-refractivity contribution in [2.45, 2.75) is 128 Å². The fraction of sp³-hybridized carbons (Fsp3) is 0.489. The summed E-state index contributed by atoms with van der Waals surface area (Å²) in [7, 11) is 0. The molecule has 0 spiro atoms. The van der Waals surface area contributed by atoms with Crippen LogP contribution < -0.4 is 43.4 Å². The van der Waals surface area contributed by atoms with E-state index < -0.39 is 114 Å². The average molecular weight is 919 g/mol. The number of aliphatic hydroxyl groups is 1. The van der Waals surface area contributed by atoms with Crippen molar-refractivity contribution in [1.82, 2.24) is 41.8 Å². The number of carbonyl (C=O) groups excluding carboxylic acids is 8. The molecule has 0 unspecified atom stereocenters. The van der Waals surface area contributed by atoms with E-state index in [4.69, 9.17) is 11.5 Å². The molecular formula is C45H62N10O11. The lowest BCUT2D eigenvalue weighted by molar-refractivity contribution is -0.145. The number of aromatic nitrogens is 1. The van der Waals surface area contributed by atoms with Crippen LogP contribution in [0, 0.1) is 5.92 Å². The first-order valence-electron chi connectivity index (χ1n) is 21.8. The van der Waals surface area contributed by atoms with Gasteiger partial charge >= 0.3 is 5.97 Å². The lowest BCUT2D eigenvalue weighted by atomic mass is 10.0. The van der Waals surface area contributed by atoms with Crippen LogP contribution in [0.3, 0.4) is 0 Å². The number of H-pyrrole nitrogens is 1. The normalized spacial score (nSPS) is 17.2. The molecule has 1 fully saturated rings. The molecule has 9 atom stereocenters. The molecule has 2 heterocycles.